The quantitative estimate of drug-likeness (QED) is 0.861. The molecule has 0 spiro atoms. The molecular formula is C11H14BrNO2S. The van der Waals surface area contributed by atoms with Crippen LogP contribution in [0.3, 0.4) is 0 Å². The van der Waals surface area contributed by atoms with Crippen LogP contribution in [0.5, 0.6) is 0 Å². The molecule has 5 heteroatoms. The monoisotopic (exact) mass is 303 g/mol. The second kappa shape index (κ2) is 4.47. The number of sulfonamides is 1. The van der Waals surface area contributed by atoms with Gasteiger partial charge in [0.1, 0.15) is 0 Å². The van der Waals surface area contributed by atoms with E-state index in [1.54, 1.807) is 25.2 Å². The van der Waals surface area contributed by atoms with Crippen LogP contribution in [0.25, 0.3) is 0 Å². The van der Waals surface area contributed by atoms with Crippen molar-refractivity contribution in [2.75, 3.05) is 7.05 Å². The van der Waals surface area contributed by atoms with Crippen LogP contribution in [-0.2, 0) is 10.0 Å². The topological polar surface area (TPSA) is 37.4 Å². The molecule has 0 saturated heterocycles. The van der Waals surface area contributed by atoms with Gasteiger partial charge in [0.2, 0.25) is 10.0 Å². The fraction of sp³-hybridized carbons (Fsp3) is 0.455. The van der Waals surface area contributed by atoms with Crippen molar-refractivity contribution in [3.8, 4) is 0 Å². The molecule has 0 heterocycles. The molecule has 0 bridgehead atoms. The van der Waals surface area contributed by atoms with Crippen molar-refractivity contribution >= 4 is 26.0 Å². The number of halogens is 1. The fourth-order valence-corrected chi connectivity index (χ4v) is 3.75. The van der Waals surface area contributed by atoms with Crippen LogP contribution in [0, 0.1) is 0 Å². The van der Waals surface area contributed by atoms with E-state index in [-0.39, 0.29) is 6.04 Å². The molecule has 88 valence electrons. The highest BCUT2D eigenvalue weighted by Crippen LogP contribution is 2.29. The van der Waals surface area contributed by atoms with Gasteiger partial charge < -0.3 is 0 Å². The van der Waals surface area contributed by atoms with E-state index >= 15 is 0 Å². The zero-order valence-electron chi connectivity index (χ0n) is 9.06. The summed E-state index contributed by atoms with van der Waals surface area (Å²) in [6.45, 7) is 0. The van der Waals surface area contributed by atoms with Crippen LogP contribution >= 0.6 is 15.9 Å². The predicted molar refractivity (Wildman–Crippen MR) is 66.7 cm³/mol. The molecule has 1 aliphatic carbocycles. The summed E-state index contributed by atoms with van der Waals surface area (Å²) in [4.78, 5) is 0.358. The van der Waals surface area contributed by atoms with E-state index in [1.807, 2.05) is 6.07 Å². The first-order valence-electron chi connectivity index (χ1n) is 5.25. The minimum Gasteiger partial charge on any atom is -0.207 e. The summed E-state index contributed by atoms with van der Waals surface area (Å²) in [6.07, 6.45) is 3.08. The lowest BCUT2D eigenvalue weighted by Gasteiger charge is -2.33. The van der Waals surface area contributed by atoms with E-state index in [4.69, 9.17) is 0 Å². The summed E-state index contributed by atoms with van der Waals surface area (Å²) >= 11 is 3.29. The highest BCUT2D eigenvalue weighted by Gasteiger charge is 2.31. The number of nitrogens with zero attached hydrogens (tertiary/aromatic N) is 1. The van der Waals surface area contributed by atoms with E-state index in [1.165, 1.54) is 4.31 Å². The Kier molecular flexibility index (Phi) is 3.37. The lowest BCUT2D eigenvalue weighted by Crippen LogP contribution is -2.41. The Balaban J connectivity index is 2.30. The van der Waals surface area contributed by atoms with Crippen molar-refractivity contribution < 1.29 is 8.42 Å². The standard InChI is InChI=1S/C11H14BrNO2S/c1-13(10-5-3-6-10)16(14,15)11-7-2-4-9(12)8-11/h2,4,7-8,10H,3,5-6H2,1H3. The molecule has 3 nitrogen and oxygen atoms in total. The average molecular weight is 304 g/mol. The van der Waals surface area contributed by atoms with E-state index in [0.717, 1.165) is 23.7 Å². The summed E-state index contributed by atoms with van der Waals surface area (Å²) in [5.41, 5.74) is 0. The number of hydrogen-bond acceptors (Lipinski definition) is 2. The Morgan fingerprint density at radius 3 is 2.56 bits per heavy atom. The highest BCUT2D eigenvalue weighted by atomic mass is 79.9. The molecule has 0 aliphatic heterocycles. The average Bonchev–Trinajstić information content (AvgIpc) is 2.15. The largest absolute Gasteiger partial charge is 0.243 e. The van der Waals surface area contributed by atoms with Crippen LogP contribution in [0.15, 0.2) is 33.6 Å². The molecule has 0 amide bonds. The third kappa shape index (κ3) is 2.17. The fourth-order valence-electron chi connectivity index (χ4n) is 1.74. The van der Waals surface area contributed by atoms with E-state index in [2.05, 4.69) is 15.9 Å². The first kappa shape index (κ1) is 12.1. The van der Waals surface area contributed by atoms with E-state index < -0.39 is 10.0 Å². The SMILES string of the molecule is CN(C1CCC1)S(=O)(=O)c1cccc(Br)c1. The second-order valence-electron chi connectivity index (χ2n) is 4.06. The summed E-state index contributed by atoms with van der Waals surface area (Å²) in [5, 5.41) is 0. The number of benzene rings is 1. The lowest BCUT2D eigenvalue weighted by atomic mass is 9.94. The third-order valence-corrected chi connectivity index (χ3v) is 5.46. The predicted octanol–water partition coefficient (Wildman–Crippen LogP) is 2.62. The molecule has 0 unspecified atom stereocenters. The zero-order valence-corrected chi connectivity index (χ0v) is 11.5. The summed E-state index contributed by atoms with van der Waals surface area (Å²) in [7, 11) is -1.65. The van der Waals surface area contributed by atoms with E-state index in [9.17, 15) is 8.42 Å². The molecule has 0 N–H and O–H groups in total. The summed E-state index contributed by atoms with van der Waals surface area (Å²) in [6, 6.07) is 7.03. The molecule has 1 aromatic rings. The van der Waals surface area contributed by atoms with Crippen molar-refractivity contribution in [3.63, 3.8) is 0 Å². The van der Waals surface area contributed by atoms with E-state index in [0.29, 0.717) is 4.90 Å². The van der Waals surface area contributed by atoms with Crippen molar-refractivity contribution in [2.45, 2.75) is 30.2 Å². The van der Waals surface area contributed by atoms with Crippen molar-refractivity contribution in [2.24, 2.45) is 0 Å². The molecule has 2 rings (SSSR count). The number of hydrogen-bond donors (Lipinski definition) is 0. The minimum atomic E-state index is -3.32. The molecule has 16 heavy (non-hydrogen) atoms. The second-order valence-corrected chi connectivity index (χ2v) is 6.98. The molecule has 0 atom stereocenters. The Hall–Kier alpha value is -0.390. The first-order valence-corrected chi connectivity index (χ1v) is 7.49. The van der Waals surface area contributed by atoms with Gasteiger partial charge in [0.05, 0.1) is 4.90 Å². The van der Waals surface area contributed by atoms with Crippen LogP contribution in [-0.4, -0.2) is 25.8 Å². The van der Waals surface area contributed by atoms with Gasteiger partial charge in [0, 0.05) is 17.6 Å². The first-order chi connectivity index (χ1) is 7.51. The smallest absolute Gasteiger partial charge is 0.207 e. The molecule has 0 aromatic heterocycles. The Morgan fingerprint density at radius 2 is 2.06 bits per heavy atom. The normalized spacial score (nSPS) is 17.4. The minimum absolute atomic E-state index is 0.184. The molecule has 1 aromatic carbocycles. The molecule has 1 saturated carbocycles. The number of rotatable bonds is 3. The summed E-state index contributed by atoms with van der Waals surface area (Å²) < 4.78 is 26.7. The maximum atomic E-state index is 12.2. The lowest BCUT2D eigenvalue weighted by molar-refractivity contribution is 0.249. The molecule has 1 fully saturated rings. The van der Waals surface area contributed by atoms with Gasteiger partial charge >= 0.3 is 0 Å². The van der Waals surface area contributed by atoms with Gasteiger partial charge in [0.25, 0.3) is 0 Å². The van der Waals surface area contributed by atoms with Gasteiger partial charge in [-0.05, 0) is 31.0 Å². The Bertz CT molecular complexity index is 483. The molecule has 0 radical (unpaired) electrons. The molecular weight excluding hydrogens is 290 g/mol. The van der Waals surface area contributed by atoms with Crippen LogP contribution in [0.1, 0.15) is 19.3 Å². The van der Waals surface area contributed by atoms with Crippen molar-refractivity contribution in [1.29, 1.82) is 0 Å². The Labute approximate surface area is 105 Å². The van der Waals surface area contributed by atoms with Crippen molar-refractivity contribution in [1.82, 2.24) is 4.31 Å². The highest BCUT2D eigenvalue weighted by molar-refractivity contribution is 9.10. The zero-order chi connectivity index (χ0) is 11.8. The van der Waals surface area contributed by atoms with Crippen molar-refractivity contribution in [3.05, 3.63) is 28.7 Å². The van der Waals surface area contributed by atoms with Crippen LogP contribution in [0.2, 0.25) is 0 Å². The Morgan fingerprint density at radius 1 is 1.38 bits per heavy atom. The van der Waals surface area contributed by atoms with Gasteiger partial charge in [0.15, 0.2) is 0 Å². The van der Waals surface area contributed by atoms with Gasteiger partial charge in [-0.15, -0.1) is 0 Å². The maximum Gasteiger partial charge on any atom is 0.243 e. The third-order valence-electron chi connectivity index (χ3n) is 3.06. The maximum absolute atomic E-state index is 12.2. The van der Waals surface area contributed by atoms with Crippen LogP contribution < -0.4 is 0 Å². The summed E-state index contributed by atoms with van der Waals surface area (Å²) in [5.74, 6) is 0. The molecule has 1 aliphatic rings. The van der Waals surface area contributed by atoms with Crippen LogP contribution in [0.4, 0.5) is 0 Å². The van der Waals surface area contributed by atoms with Gasteiger partial charge in [-0.2, -0.15) is 4.31 Å². The van der Waals surface area contributed by atoms with Gasteiger partial charge in [-0.25, -0.2) is 8.42 Å². The van der Waals surface area contributed by atoms with Gasteiger partial charge in [-0.1, -0.05) is 28.4 Å². The van der Waals surface area contributed by atoms with Gasteiger partial charge in [-0.3, -0.25) is 0 Å².